The first kappa shape index (κ1) is 7.79. The van der Waals surface area contributed by atoms with E-state index in [9.17, 15) is 5.11 Å². The molecule has 0 bridgehead atoms. The van der Waals surface area contributed by atoms with Gasteiger partial charge in [-0.05, 0) is 18.8 Å². The molecular weight excluding hydrogens is 227 g/mol. The van der Waals surface area contributed by atoms with Gasteiger partial charge in [-0.3, -0.25) is 0 Å². The lowest BCUT2D eigenvalue weighted by Gasteiger charge is -2.25. The Balaban J connectivity index is 2.30. The normalized spacial score (nSPS) is 36.7. The number of rotatable bonds is 1. The summed E-state index contributed by atoms with van der Waals surface area (Å²) >= 11 is 2.36. The smallest absolute Gasteiger partial charge is 0.0575 e. The minimum atomic E-state index is 0.00986. The van der Waals surface area contributed by atoms with Crippen molar-refractivity contribution in [3.05, 3.63) is 0 Å². The maximum absolute atomic E-state index is 9.36. The summed E-state index contributed by atoms with van der Waals surface area (Å²) in [5.74, 6) is 0.597. The summed E-state index contributed by atoms with van der Waals surface area (Å²) in [6, 6.07) is 0. The van der Waals surface area contributed by atoms with Crippen LogP contribution in [-0.2, 0) is 0 Å². The summed E-state index contributed by atoms with van der Waals surface area (Å²) in [4.78, 5) is 0. The quantitative estimate of drug-likeness (QED) is 0.548. The third-order valence-corrected chi connectivity index (χ3v) is 3.20. The zero-order chi connectivity index (χ0) is 6.69. The third-order valence-electron chi connectivity index (χ3n) is 2.07. The van der Waals surface area contributed by atoms with Crippen LogP contribution >= 0.6 is 22.6 Å². The summed E-state index contributed by atoms with van der Waals surface area (Å²) in [6.07, 6.45) is 4.84. The number of halogens is 1. The summed E-state index contributed by atoms with van der Waals surface area (Å²) < 4.78 is 1.12. The molecule has 0 amide bonds. The van der Waals surface area contributed by atoms with Crippen molar-refractivity contribution in [2.75, 3.05) is 4.43 Å². The first-order chi connectivity index (χ1) is 4.34. The second kappa shape index (κ2) is 3.76. The summed E-state index contributed by atoms with van der Waals surface area (Å²) in [5.41, 5.74) is 0. The second-order valence-electron chi connectivity index (χ2n) is 2.77. The summed E-state index contributed by atoms with van der Waals surface area (Å²) in [5, 5.41) is 9.36. The molecule has 0 heterocycles. The fourth-order valence-corrected chi connectivity index (χ4v) is 2.40. The van der Waals surface area contributed by atoms with Crippen LogP contribution in [0.4, 0.5) is 0 Å². The largest absolute Gasteiger partial charge is 0.393 e. The van der Waals surface area contributed by atoms with Crippen molar-refractivity contribution < 1.29 is 5.11 Å². The van der Waals surface area contributed by atoms with E-state index in [1.165, 1.54) is 19.3 Å². The number of alkyl halides is 1. The van der Waals surface area contributed by atoms with E-state index in [0.717, 1.165) is 10.8 Å². The van der Waals surface area contributed by atoms with Gasteiger partial charge in [0.1, 0.15) is 0 Å². The molecule has 0 unspecified atom stereocenters. The van der Waals surface area contributed by atoms with Crippen molar-refractivity contribution in [3.8, 4) is 0 Å². The third kappa shape index (κ3) is 2.08. The topological polar surface area (TPSA) is 20.2 Å². The Kier molecular flexibility index (Phi) is 3.26. The zero-order valence-corrected chi connectivity index (χ0v) is 7.67. The lowest BCUT2D eigenvalue weighted by molar-refractivity contribution is 0.0830. The van der Waals surface area contributed by atoms with Crippen LogP contribution in [0.5, 0.6) is 0 Å². The monoisotopic (exact) mass is 240 g/mol. The van der Waals surface area contributed by atoms with Gasteiger partial charge in [-0.1, -0.05) is 35.4 Å². The van der Waals surface area contributed by atoms with Crippen molar-refractivity contribution >= 4 is 22.6 Å². The van der Waals surface area contributed by atoms with Gasteiger partial charge in [0.05, 0.1) is 6.10 Å². The van der Waals surface area contributed by atoms with E-state index in [1.54, 1.807) is 0 Å². The van der Waals surface area contributed by atoms with Crippen LogP contribution in [0.3, 0.4) is 0 Å². The van der Waals surface area contributed by atoms with Crippen LogP contribution < -0.4 is 0 Å². The number of hydrogen-bond acceptors (Lipinski definition) is 1. The highest BCUT2D eigenvalue weighted by molar-refractivity contribution is 14.1. The van der Waals surface area contributed by atoms with Crippen LogP contribution in [0, 0.1) is 5.92 Å². The maximum atomic E-state index is 9.36. The molecule has 1 rings (SSSR count). The fraction of sp³-hybridized carbons (Fsp3) is 1.00. The van der Waals surface area contributed by atoms with Crippen molar-refractivity contribution in [3.63, 3.8) is 0 Å². The van der Waals surface area contributed by atoms with E-state index in [1.807, 2.05) is 0 Å². The molecule has 0 aromatic heterocycles. The highest BCUT2D eigenvalue weighted by Crippen LogP contribution is 2.25. The van der Waals surface area contributed by atoms with Crippen molar-refractivity contribution in [2.24, 2.45) is 5.92 Å². The molecule has 0 saturated heterocycles. The number of aliphatic hydroxyl groups is 1. The van der Waals surface area contributed by atoms with E-state index >= 15 is 0 Å². The number of hydrogen-bond donors (Lipinski definition) is 1. The molecule has 0 radical (unpaired) electrons. The molecular formula is C7H13IO. The minimum Gasteiger partial charge on any atom is -0.393 e. The summed E-state index contributed by atoms with van der Waals surface area (Å²) in [6.45, 7) is 0. The van der Waals surface area contributed by atoms with Gasteiger partial charge in [0, 0.05) is 4.43 Å². The average Bonchev–Trinajstić information content (AvgIpc) is 1.89. The van der Waals surface area contributed by atoms with E-state index in [2.05, 4.69) is 22.6 Å². The average molecular weight is 240 g/mol. The SMILES string of the molecule is O[C@@H]1CCCC[C@H]1CI. The van der Waals surface area contributed by atoms with E-state index < -0.39 is 0 Å². The molecule has 0 aromatic carbocycles. The van der Waals surface area contributed by atoms with Gasteiger partial charge in [0.2, 0.25) is 0 Å². The molecule has 54 valence electrons. The van der Waals surface area contributed by atoms with Gasteiger partial charge in [-0.2, -0.15) is 0 Å². The Bertz CT molecular complexity index is 85.0. The lowest BCUT2D eigenvalue weighted by Crippen LogP contribution is -2.25. The van der Waals surface area contributed by atoms with E-state index in [0.29, 0.717) is 5.92 Å². The van der Waals surface area contributed by atoms with Crippen LogP contribution in [-0.4, -0.2) is 15.6 Å². The summed E-state index contributed by atoms with van der Waals surface area (Å²) in [7, 11) is 0. The second-order valence-corrected chi connectivity index (χ2v) is 3.65. The van der Waals surface area contributed by atoms with Gasteiger partial charge in [-0.25, -0.2) is 0 Å². The Morgan fingerprint density at radius 2 is 2.00 bits per heavy atom. The van der Waals surface area contributed by atoms with Crippen molar-refractivity contribution in [1.82, 2.24) is 0 Å². The Morgan fingerprint density at radius 3 is 2.44 bits per heavy atom. The molecule has 0 aliphatic heterocycles. The molecule has 1 nitrogen and oxygen atoms in total. The molecule has 0 spiro atoms. The first-order valence-corrected chi connectivity index (χ1v) is 5.11. The predicted octanol–water partition coefficient (Wildman–Crippen LogP) is 1.97. The molecule has 1 N–H and O–H groups in total. The van der Waals surface area contributed by atoms with Crippen LogP contribution in [0.1, 0.15) is 25.7 Å². The minimum absolute atomic E-state index is 0.00986. The molecule has 1 saturated carbocycles. The molecule has 0 aromatic rings. The van der Waals surface area contributed by atoms with Gasteiger partial charge in [0.15, 0.2) is 0 Å². The standard InChI is InChI=1S/C7H13IO/c8-5-6-3-1-2-4-7(6)9/h6-7,9H,1-5H2/t6-,7+/m0/s1. The predicted molar refractivity (Wildman–Crippen MR) is 46.9 cm³/mol. The van der Waals surface area contributed by atoms with Crippen LogP contribution in [0.15, 0.2) is 0 Å². The van der Waals surface area contributed by atoms with Gasteiger partial charge < -0.3 is 5.11 Å². The Morgan fingerprint density at radius 1 is 1.33 bits per heavy atom. The fourth-order valence-electron chi connectivity index (χ4n) is 1.37. The van der Waals surface area contributed by atoms with Gasteiger partial charge in [0.25, 0.3) is 0 Å². The molecule has 2 heteroatoms. The lowest BCUT2D eigenvalue weighted by atomic mass is 9.88. The van der Waals surface area contributed by atoms with E-state index in [-0.39, 0.29) is 6.10 Å². The Hall–Kier alpha value is 0.690. The van der Waals surface area contributed by atoms with Crippen LogP contribution in [0.2, 0.25) is 0 Å². The highest BCUT2D eigenvalue weighted by atomic mass is 127. The van der Waals surface area contributed by atoms with Crippen molar-refractivity contribution in [2.45, 2.75) is 31.8 Å². The Labute approximate surface area is 70.0 Å². The zero-order valence-electron chi connectivity index (χ0n) is 5.52. The first-order valence-electron chi connectivity index (χ1n) is 3.58. The van der Waals surface area contributed by atoms with E-state index in [4.69, 9.17) is 0 Å². The molecule has 1 aliphatic carbocycles. The molecule has 2 atom stereocenters. The highest BCUT2D eigenvalue weighted by Gasteiger charge is 2.20. The molecule has 1 aliphatic rings. The van der Waals surface area contributed by atoms with Crippen LogP contribution in [0.25, 0.3) is 0 Å². The van der Waals surface area contributed by atoms with Gasteiger partial charge in [-0.15, -0.1) is 0 Å². The van der Waals surface area contributed by atoms with Gasteiger partial charge >= 0.3 is 0 Å². The van der Waals surface area contributed by atoms with Crippen molar-refractivity contribution in [1.29, 1.82) is 0 Å². The molecule has 1 fully saturated rings. The number of aliphatic hydroxyl groups excluding tert-OH is 1. The maximum Gasteiger partial charge on any atom is 0.0575 e. The molecule has 9 heavy (non-hydrogen) atoms.